The van der Waals surface area contributed by atoms with Gasteiger partial charge in [-0.25, -0.2) is 0 Å². The molecule has 0 aromatic heterocycles. The third kappa shape index (κ3) is 3.82. The minimum absolute atomic E-state index is 0.0878. The molecular weight excluding hydrogens is 190 g/mol. The lowest BCUT2D eigenvalue weighted by Crippen LogP contribution is -2.48. The van der Waals surface area contributed by atoms with Crippen LogP contribution in [0.4, 0.5) is 0 Å². The summed E-state index contributed by atoms with van der Waals surface area (Å²) in [7, 11) is 0. The zero-order valence-corrected chi connectivity index (χ0v) is 10.1. The largest absolute Gasteiger partial charge is 0.481 e. The summed E-state index contributed by atoms with van der Waals surface area (Å²) in [6, 6.07) is 0.601. The Hall–Kier alpha value is -0.570. The normalized spacial score (nSPS) is 18.7. The topological polar surface area (TPSA) is 40.5 Å². The average Bonchev–Trinajstić information content (AvgIpc) is 2.54. The molecule has 0 heterocycles. The number of carbonyl (C=O) groups is 1. The van der Waals surface area contributed by atoms with Gasteiger partial charge in [0.2, 0.25) is 0 Å². The molecule has 1 rings (SSSR count). The van der Waals surface area contributed by atoms with E-state index in [4.69, 9.17) is 5.11 Å². The highest BCUT2D eigenvalue weighted by atomic mass is 16.4. The van der Waals surface area contributed by atoms with Gasteiger partial charge >= 0.3 is 5.97 Å². The van der Waals surface area contributed by atoms with Gasteiger partial charge in [-0.05, 0) is 33.6 Å². The summed E-state index contributed by atoms with van der Waals surface area (Å²) >= 11 is 0. The SMILES string of the molecule is CC(C)(C)N(CCC(=O)O)C1CCCC1. The second-order valence-electron chi connectivity index (χ2n) is 5.45. The maximum atomic E-state index is 10.6. The van der Waals surface area contributed by atoms with Crippen molar-refractivity contribution in [3.8, 4) is 0 Å². The summed E-state index contributed by atoms with van der Waals surface area (Å²) in [6.07, 6.45) is 5.32. The first-order valence-electron chi connectivity index (χ1n) is 5.90. The van der Waals surface area contributed by atoms with Crippen LogP contribution in [0, 0.1) is 0 Å². The third-order valence-corrected chi connectivity index (χ3v) is 3.19. The first-order valence-corrected chi connectivity index (χ1v) is 5.90. The van der Waals surface area contributed by atoms with Crippen LogP contribution in [-0.2, 0) is 4.79 Å². The summed E-state index contributed by atoms with van der Waals surface area (Å²) < 4.78 is 0. The summed E-state index contributed by atoms with van der Waals surface area (Å²) in [6.45, 7) is 7.21. The molecule has 0 unspecified atom stereocenters. The van der Waals surface area contributed by atoms with E-state index in [1.165, 1.54) is 25.7 Å². The van der Waals surface area contributed by atoms with Crippen LogP contribution >= 0.6 is 0 Å². The predicted octanol–water partition coefficient (Wildman–Crippen LogP) is 2.50. The Kier molecular flexibility index (Phi) is 4.14. The van der Waals surface area contributed by atoms with Gasteiger partial charge < -0.3 is 5.11 Å². The average molecular weight is 213 g/mol. The van der Waals surface area contributed by atoms with Gasteiger partial charge in [-0.1, -0.05) is 12.8 Å². The third-order valence-electron chi connectivity index (χ3n) is 3.19. The molecule has 3 heteroatoms. The van der Waals surface area contributed by atoms with Crippen molar-refractivity contribution in [3.05, 3.63) is 0 Å². The monoisotopic (exact) mass is 213 g/mol. The van der Waals surface area contributed by atoms with Crippen LogP contribution in [-0.4, -0.2) is 34.1 Å². The van der Waals surface area contributed by atoms with Crippen LogP contribution in [0.5, 0.6) is 0 Å². The van der Waals surface area contributed by atoms with Crippen molar-refractivity contribution < 1.29 is 9.90 Å². The minimum atomic E-state index is -0.692. The Bertz CT molecular complexity index is 214. The molecule has 88 valence electrons. The summed E-state index contributed by atoms with van der Waals surface area (Å²) in [5.74, 6) is -0.692. The van der Waals surface area contributed by atoms with Crippen molar-refractivity contribution in [1.82, 2.24) is 4.90 Å². The van der Waals surface area contributed by atoms with Crippen LogP contribution in [0.25, 0.3) is 0 Å². The fraction of sp³-hybridized carbons (Fsp3) is 0.917. The molecule has 15 heavy (non-hydrogen) atoms. The molecule has 0 aromatic carbocycles. The number of nitrogens with zero attached hydrogens (tertiary/aromatic N) is 1. The molecule has 0 aromatic rings. The molecule has 0 spiro atoms. The maximum absolute atomic E-state index is 10.6. The lowest BCUT2D eigenvalue weighted by Gasteiger charge is -2.40. The number of aliphatic carboxylic acids is 1. The van der Waals surface area contributed by atoms with Crippen molar-refractivity contribution in [1.29, 1.82) is 0 Å². The smallest absolute Gasteiger partial charge is 0.304 e. The van der Waals surface area contributed by atoms with Gasteiger partial charge in [0.15, 0.2) is 0 Å². The van der Waals surface area contributed by atoms with Crippen LogP contribution in [0.2, 0.25) is 0 Å². The number of carboxylic acids is 1. The summed E-state index contributed by atoms with van der Waals surface area (Å²) in [5, 5.41) is 8.74. The number of hydrogen-bond donors (Lipinski definition) is 1. The van der Waals surface area contributed by atoms with Gasteiger partial charge in [-0.3, -0.25) is 9.69 Å². The van der Waals surface area contributed by atoms with E-state index in [1.807, 2.05) is 0 Å². The van der Waals surface area contributed by atoms with E-state index in [9.17, 15) is 4.79 Å². The maximum Gasteiger partial charge on any atom is 0.304 e. The highest BCUT2D eigenvalue weighted by molar-refractivity contribution is 5.66. The Labute approximate surface area is 92.5 Å². The Morgan fingerprint density at radius 1 is 1.33 bits per heavy atom. The Morgan fingerprint density at radius 3 is 2.27 bits per heavy atom. The molecule has 0 bridgehead atoms. The van der Waals surface area contributed by atoms with E-state index in [-0.39, 0.29) is 12.0 Å². The highest BCUT2D eigenvalue weighted by Gasteiger charge is 2.30. The van der Waals surface area contributed by atoms with E-state index < -0.39 is 5.97 Å². The molecule has 1 aliphatic rings. The zero-order valence-electron chi connectivity index (χ0n) is 10.1. The summed E-state index contributed by atoms with van der Waals surface area (Å²) in [4.78, 5) is 13.0. The van der Waals surface area contributed by atoms with E-state index in [2.05, 4.69) is 25.7 Å². The molecule has 0 amide bonds. The standard InChI is InChI=1S/C12H23NO2/c1-12(2,3)13(9-8-11(14)15)10-6-4-5-7-10/h10H,4-9H2,1-3H3,(H,14,15). The molecule has 0 radical (unpaired) electrons. The second kappa shape index (κ2) is 4.97. The molecule has 0 atom stereocenters. The molecule has 1 fully saturated rings. The fourth-order valence-electron chi connectivity index (χ4n) is 2.50. The van der Waals surface area contributed by atoms with Gasteiger partial charge in [0, 0.05) is 18.1 Å². The summed E-state index contributed by atoms with van der Waals surface area (Å²) in [5.41, 5.74) is 0.0878. The van der Waals surface area contributed by atoms with Gasteiger partial charge in [0.25, 0.3) is 0 Å². The number of hydrogen-bond acceptors (Lipinski definition) is 2. The van der Waals surface area contributed by atoms with Crippen LogP contribution in [0.3, 0.4) is 0 Å². The first-order chi connectivity index (χ1) is 6.91. The zero-order chi connectivity index (χ0) is 11.5. The first kappa shape index (κ1) is 12.5. The van der Waals surface area contributed by atoms with Crippen molar-refractivity contribution in [2.75, 3.05) is 6.54 Å². The van der Waals surface area contributed by atoms with E-state index in [0.717, 1.165) is 0 Å². The van der Waals surface area contributed by atoms with Crippen LogP contribution in [0.1, 0.15) is 52.9 Å². The van der Waals surface area contributed by atoms with Gasteiger partial charge in [0.1, 0.15) is 0 Å². The van der Waals surface area contributed by atoms with Crippen LogP contribution < -0.4 is 0 Å². The Morgan fingerprint density at radius 2 is 1.87 bits per heavy atom. The predicted molar refractivity (Wildman–Crippen MR) is 61.0 cm³/mol. The van der Waals surface area contributed by atoms with E-state index in [1.54, 1.807) is 0 Å². The van der Waals surface area contributed by atoms with Crippen molar-refractivity contribution in [2.45, 2.75) is 64.5 Å². The van der Waals surface area contributed by atoms with Gasteiger partial charge in [-0.2, -0.15) is 0 Å². The molecule has 0 saturated heterocycles. The lowest BCUT2D eigenvalue weighted by molar-refractivity contribution is -0.137. The molecule has 3 nitrogen and oxygen atoms in total. The van der Waals surface area contributed by atoms with E-state index >= 15 is 0 Å². The molecule has 1 saturated carbocycles. The number of carboxylic acid groups (broad SMARTS) is 1. The van der Waals surface area contributed by atoms with Crippen molar-refractivity contribution >= 4 is 5.97 Å². The second-order valence-corrected chi connectivity index (χ2v) is 5.45. The Balaban J connectivity index is 2.56. The highest BCUT2D eigenvalue weighted by Crippen LogP contribution is 2.29. The lowest BCUT2D eigenvalue weighted by atomic mass is 10.0. The van der Waals surface area contributed by atoms with Gasteiger partial charge in [0.05, 0.1) is 6.42 Å². The molecule has 1 aliphatic carbocycles. The van der Waals surface area contributed by atoms with Crippen molar-refractivity contribution in [3.63, 3.8) is 0 Å². The van der Waals surface area contributed by atoms with Crippen LogP contribution in [0.15, 0.2) is 0 Å². The van der Waals surface area contributed by atoms with Crippen molar-refractivity contribution in [2.24, 2.45) is 0 Å². The fourth-order valence-corrected chi connectivity index (χ4v) is 2.50. The minimum Gasteiger partial charge on any atom is -0.481 e. The quantitative estimate of drug-likeness (QED) is 0.780. The number of rotatable bonds is 4. The molecular formula is C12H23NO2. The molecule has 1 N–H and O–H groups in total. The van der Waals surface area contributed by atoms with E-state index in [0.29, 0.717) is 12.6 Å². The molecule has 0 aliphatic heterocycles. The van der Waals surface area contributed by atoms with Gasteiger partial charge in [-0.15, -0.1) is 0 Å².